The number of rotatable bonds is 6. The van der Waals surface area contributed by atoms with Gasteiger partial charge in [0.1, 0.15) is 17.7 Å². The Kier molecular flexibility index (Phi) is 6.88. The fraction of sp³-hybridized carbons (Fsp3) is 0.423. The Morgan fingerprint density at radius 2 is 1.80 bits per heavy atom. The molecule has 3 heterocycles. The van der Waals surface area contributed by atoms with Gasteiger partial charge >= 0.3 is 0 Å². The van der Waals surface area contributed by atoms with Crippen LogP contribution < -0.4 is 5.32 Å². The third-order valence-corrected chi connectivity index (χ3v) is 8.17. The fourth-order valence-corrected chi connectivity index (χ4v) is 6.11. The second kappa shape index (κ2) is 10.1. The van der Waals surface area contributed by atoms with Crippen molar-refractivity contribution in [3.8, 4) is 0 Å². The van der Waals surface area contributed by atoms with Gasteiger partial charge in [-0.25, -0.2) is 8.78 Å². The molecular formula is C26H27F2N3O3S. The van der Waals surface area contributed by atoms with Gasteiger partial charge in [-0.1, -0.05) is 18.6 Å². The average molecular weight is 500 g/mol. The third kappa shape index (κ3) is 4.97. The first-order chi connectivity index (χ1) is 16.9. The van der Waals surface area contributed by atoms with Crippen LogP contribution in [0.15, 0.2) is 35.2 Å². The van der Waals surface area contributed by atoms with E-state index in [4.69, 9.17) is 0 Å². The normalized spacial score (nSPS) is 20.8. The lowest BCUT2D eigenvalue weighted by Crippen LogP contribution is -2.52. The number of nitrogens with one attached hydrogen (secondary N) is 1. The predicted molar refractivity (Wildman–Crippen MR) is 128 cm³/mol. The Labute approximate surface area is 207 Å². The lowest BCUT2D eigenvalue weighted by Gasteiger charge is -2.29. The quantitative estimate of drug-likeness (QED) is 0.481. The van der Waals surface area contributed by atoms with Crippen LogP contribution in [0.2, 0.25) is 0 Å². The third-order valence-electron chi connectivity index (χ3n) is 6.96. The molecule has 1 atom stereocenters. The summed E-state index contributed by atoms with van der Waals surface area (Å²) in [5.74, 6) is -1.56. The SMILES string of the molecule is O=C1CCC(N2Cc3c(ccc(F)c3SCc3ccc(CN4CCCCC4)c(F)c3)C2=O)C(=O)N1. The van der Waals surface area contributed by atoms with E-state index in [9.17, 15) is 23.2 Å². The van der Waals surface area contributed by atoms with E-state index in [1.165, 1.54) is 41.3 Å². The maximum Gasteiger partial charge on any atom is 0.255 e. The smallest absolute Gasteiger partial charge is 0.255 e. The highest BCUT2D eigenvalue weighted by Gasteiger charge is 2.40. The monoisotopic (exact) mass is 499 g/mol. The first-order valence-electron chi connectivity index (χ1n) is 12.0. The molecule has 3 amide bonds. The van der Waals surface area contributed by atoms with Crippen molar-refractivity contribution in [2.45, 2.75) is 61.9 Å². The van der Waals surface area contributed by atoms with Crippen LogP contribution in [0.4, 0.5) is 8.78 Å². The van der Waals surface area contributed by atoms with Crippen molar-refractivity contribution in [2.75, 3.05) is 13.1 Å². The Hall–Kier alpha value is -2.78. The summed E-state index contributed by atoms with van der Waals surface area (Å²) >= 11 is 1.22. The first-order valence-corrected chi connectivity index (χ1v) is 13.0. The fourth-order valence-electron chi connectivity index (χ4n) is 5.06. The molecule has 3 aliphatic heterocycles. The lowest BCUT2D eigenvalue weighted by atomic mass is 10.0. The highest BCUT2D eigenvalue weighted by Crippen LogP contribution is 2.37. The van der Waals surface area contributed by atoms with Gasteiger partial charge in [-0.3, -0.25) is 24.6 Å². The Morgan fingerprint density at radius 3 is 2.54 bits per heavy atom. The number of halogens is 2. The molecule has 6 nitrogen and oxygen atoms in total. The number of hydrogen-bond acceptors (Lipinski definition) is 5. The largest absolute Gasteiger partial charge is 0.322 e. The van der Waals surface area contributed by atoms with Crippen LogP contribution in [0.5, 0.6) is 0 Å². The molecule has 3 aliphatic rings. The van der Waals surface area contributed by atoms with Crippen LogP contribution in [0.3, 0.4) is 0 Å². The number of hydrogen-bond donors (Lipinski definition) is 1. The van der Waals surface area contributed by atoms with E-state index in [-0.39, 0.29) is 37.0 Å². The second-order valence-electron chi connectivity index (χ2n) is 9.35. The van der Waals surface area contributed by atoms with Gasteiger partial charge in [0.05, 0.1) is 0 Å². The first kappa shape index (κ1) is 23.9. The van der Waals surface area contributed by atoms with Crippen molar-refractivity contribution < 1.29 is 23.2 Å². The molecule has 0 saturated carbocycles. The van der Waals surface area contributed by atoms with E-state index in [1.54, 1.807) is 6.07 Å². The minimum atomic E-state index is -0.755. The topological polar surface area (TPSA) is 69.7 Å². The lowest BCUT2D eigenvalue weighted by molar-refractivity contribution is -0.136. The van der Waals surface area contributed by atoms with E-state index in [2.05, 4.69) is 10.2 Å². The molecule has 0 aliphatic carbocycles. The maximum atomic E-state index is 14.8. The molecule has 0 radical (unpaired) electrons. The van der Waals surface area contributed by atoms with Gasteiger partial charge in [-0.15, -0.1) is 11.8 Å². The van der Waals surface area contributed by atoms with E-state index in [0.717, 1.165) is 31.5 Å². The summed E-state index contributed by atoms with van der Waals surface area (Å²) in [7, 11) is 0. The van der Waals surface area contributed by atoms with Gasteiger partial charge in [0.25, 0.3) is 5.91 Å². The average Bonchev–Trinajstić information content (AvgIpc) is 3.17. The molecule has 35 heavy (non-hydrogen) atoms. The zero-order valence-electron chi connectivity index (χ0n) is 19.3. The number of fused-ring (bicyclic) bond motifs is 1. The summed E-state index contributed by atoms with van der Waals surface area (Å²) < 4.78 is 29.6. The van der Waals surface area contributed by atoms with Gasteiger partial charge in [0.2, 0.25) is 11.8 Å². The van der Waals surface area contributed by atoms with E-state index in [1.807, 2.05) is 6.07 Å². The molecule has 2 saturated heterocycles. The molecule has 0 aromatic heterocycles. The van der Waals surface area contributed by atoms with Crippen molar-refractivity contribution in [2.24, 2.45) is 0 Å². The van der Waals surface area contributed by atoms with Gasteiger partial charge in [0, 0.05) is 46.8 Å². The highest BCUT2D eigenvalue weighted by molar-refractivity contribution is 7.98. The number of carbonyl (C=O) groups is 3. The Bertz CT molecular complexity index is 1180. The maximum absolute atomic E-state index is 14.8. The van der Waals surface area contributed by atoms with Crippen LogP contribution in [0, 0.1) is 11.6 Å². The van der Waals surface area contributed by atoms with Gasteiger partial charge in [0.15, 0.2) is 0 Å². The van der Waals surface area contributed by atoms with Crippen LogP contribution in [-0.2, 0) is 28.4 Å². The van der Waals surface area contributed by atoms with Crippen LogP contribution in [0.1, 0.15) is 59.2 Å². The molecule has 0 bridgehead atoms. The molecule has 5 rings (SSSR count). The number of nitrogens with zero attached hydrogens (tertiary/aromatic N) is 2. The summed E-state index contributed by atoms with van der Waals surface area (Å²) in [6.07, 6.45) is 3.93. The molecule has 2 fully saturated rings. The highest BCUT2D eigenvalue weighted by atomic mass is 32.2. The number of imide groups is 1. The molecule has 184 valence electrons. The number of benzene rings is 2. The molecule has 2 aromatic carbocycles. The molecule has 1 unspecified atom stereocenters. The molecule has 0 spiro atoms. The Balaban J connectivity index is 1.29. The second-order valence-corrected chi connectivity index (χ2v) is 10.3. The number of carbonyl (C=O) groups excluding carboxylic acids is 3. The van der Waals surface area contributed by atoms with Crippen LogP contribution in [0.25, 0.3) is 0 Å². The van der Waals surface area contributed by atoms with Gasteiger partial charge in [-0.05, 0) is 56.1 Å². The summed E-state index contributed by atoms with van der Waals surface area (Å²) in [5, 5.41) is 2.27. The minimum absolute atomic E-state index is 0.101. The van der Waals surface area contributed by atoms with Crippen molar-refractivity contribution in [3.05, 3.63) is 64.2 Å². The number of likely N-dealkylation sites (tertiary alicyclic amines) is 1. The molecule has 2 aromatic rings. The number of amides is 3. The molecular weight excluding hydrogens is 472 g/mol. The van der Waals surface area contributed by atoms with Crippen molar-refractivity contribution in [1.82, 2.24) is 15.1 Å². The summed E-state index contributed by atoms with van der Waals surface area (Å²) in [4.78, 5) is 40.8. The van der Waals surface area contributed by atoms with Gasteiger partial charge < -0.3 is 4.90 Å². The zero-order valence-corrected chi connectivity index (χ0v) is 20.1. The van der Waals surface area contributed by atoms with Crippen molar-refractivity contribution in [1.29, 1.82) is 0 Å². The zero-order chi connectivity index (χ0) is 24.5. The standard InChI is InChI=1S/C26H27F2N3O3S/c27-20-7-6-18-19(14-31(26(18)34)22-8-9-23(32)29-25(22)33)24(20)35-15-16-4-5-17(21(28)12-16)13-30-10-2-1-3-11-30/h4-7,12,22H,1-3,8-11,13-15H2,(H,29,32,33). The number of thioether (sulfide) groups is 1. The van der Waals surface area contributed by atoms with Gasteiger partial charge in [-0.2, -0.15) is 0 Å². The molecule has 1 N–H and O–H groups in total. The number of piperidine rings is 2. The van der Waals surface area contributed by atoms with E-state index in [0.29, 0.717) is 33.9 Å². The summed E-state index contributed by atoms with van der Waals surface area (Å²) in [5.41, 5.74) is 2.30. The predicted octanol–water partition coefficient (Wildman–Crippen LogP) is 4.00. The summed E-state index contributed by atoms with van der Waals surface area (Å²) in [6.45, 7) is 2.68. The Morgan fingerprint density at radius 1 is 1.00 bits per heavy atom. The van der Waals surface area contributed by atoms with Crippen molar-refractivity contribution in [3.63, 3.8) is 0 Å². The van der Waals surface area contributed by atoms with Crippen LogP contribution >= 0.6 is 11.8 Å². The van der Waals surface area contributed by atoms with E-state index < -0.39 is 17.8 Å². The molecule has 9 heteroatoms. The summed E-state index contributed by atoms with van der Waals surface area (Å²) in [6, 6.07) is 7.13. The van der Waals surface area contributed by atoms with E-state index >= 15 is 0 Å². The van der Waals surface area contributed by atoms with Crippen molar-refractivity contribution >= 4 is 29.5 Å². The van der Waals surface area contributed by atoms with Crippen LogP contribution in [-0.4, -0.2) is 46.7 Å². The minimum Gasteiger partial charge on any atom is -0.322 e.